The van der Waals surface area contributed by atoms with Crippen molar-refractivity contribution in [3.63, 3.8) is 0 Å². The Morgan fingerprint density at radius 3 is 2.79 bits per heavy atom. The summed E-state index contributed by atoms with van der Waals surface area (Å²) in [6.45, 7) is 5.05. The summed E-state index contributed by atoms with van der Waals surface area (Å²) >= 11 is 0. The highest BCUT2D eigenvalue weighted by molar-refractivity contribution is 5.95. The fourth-order valence-corrected chi connectivity index (χ4v) is 3.61. The van der Waals surface area contributed by atoms with E-state index in [1.165, 1.54) is 4.52 Å². The molecule has 0 aliphatic carbocycles. The third-order valence-corrected chi connectivity index (χ3v) is 5.07. The monoisotopic (exact) mass is 450 g/mol. The Bertz CT molecular complexity index is 1230. The molecule has 1 unspecified atom stereocenters. The topological polar surface area (TPSA) is 133 Å². The van der Waals surface area contributed by atoms with Crippen LogP contribution in [-0.2, 0) is 0 Å². The van der Waals surface area contributed by atoms with E-state index in [4.69, 9.17) is 9.84 Å². The second kappa shape index (κ2) is 9.39. The van der Waals surface area contributed by atoms with Crippen LogP contribution in [0.25, 0.3) is 16.9 Å². The number of para-hydroxylation sites is 1. The number of allylic oxidation sites excluding steroid dienone is 1. The third-order valence-electron chi connectivity index (χ3n) is 5.07. The van der Waals surface area contributed by atoms with Crippen molar-refractivity contribution < 1.29 is 19.7 Å². The van der Waals surface area contributed by atoms with Gasteiger partial charge in [0.1, 0.15) is 30.5 Å². The molecule has 0 radical (unpaired) electrons. The molecule has 0 bridgehead atoms. The van der Waals surface area contributed by atoms with Crippen molar-refractivity contribution in [1.29, 1.82) is 0 Å². The summed E-state index contributed by atoms with van der Waals surface area (Å²) in [5, 5.41) is 29.3. The molecule has 1 aliphatic rings. The summed E-state index contributed by atoms with van der Waals surface area (Å²) in [7, 11) is 0. The number of ether oxygens (including phenoxy) is 1. The van der Waals surface area contributed by atoms with E-state index in [1.54, 1.807) is 31.2 Å². The summed E-state index contributed by atoms with van der Waals surface area (Å²) < 4.78 is 7.19. The number of carbonyl (C=O) groups excluding carboxylic acids is 1. The zero-order valence-electron chi connectivity index (χ0n) is 18.6. The number of rotatable bonds is 7. The lowest BCUT2D eigenvalue weighted by molar-refractivity contribution is 0.0538. The van der Waals surface area contributed by atoms with Crippen LogP contribution in [0.1, 0.15) is 30.0 Å². The third kappa shape index (κ3) is 4.86. The van der Waals surface area contributed by atoms with E-state index in [1.807, 2.05) is 32.1 Å². The first-order valence-corrected chi connectivity index (χ1v) is 10.5. The molecular formula is C23H26N6O4. The molecule has 10 heteroatoms. The van der Waals surface area contributed by atoms with Gasteiger partial charge in [0.25, 0.3) is 5.91 Å². The van der Waals surface area contributed by atoms with E-state index in [0.29, 0.717) is 34.0 Å². The van der Waals surface area contributed by atoms with E-state index >= 15 is 0 Å². The Labute approximate surface area is 190 Å². The standard InChI is InChI=1S/C23H26N6O4/c1-13-10-20(26-15(3)24-13)27-23(32)22-14(2)25-21-9-8-18(28-29(21)22)17-6-4-5-7-19(17)33-12-16(31)11-30/h4-10,16,20,30-31H,11-12H2,1-3H3,(H,24,26)(H,27,32)/t16-,20?/m1/s1. The highest BCUT2D eigenvalue weighted by atomic mass is 16.5. The van der Waals surface area contributed by atoms with E-state index < -0.39 is 18.9 Å². The number of carbonyl (C=O) groups is 1. The summed E-state index contributed by atoms with van der Waals surface area (Å²) in [5.41, 5.74) is 3.55. The van der Waals surface area contributed by atoms with Gasteiger partial charge in [-0.25, -0.2) is 14.5 Å². The molecule has 3 heterocycles. The van der Waals surface area contributed by atoms with E-state index in [-0.39, 0.29) is 12.5 Å². The predicted octanol–water partition coefficient (Wildman–Crippen LogP) is 1.42. The Kier molecular flexibility index (Phi) is 6.38. The van der Waals surface area contributed by atoms with Crippen molar-refractivity contribution >= 4 is 17.4 Å². The Hall–Kier alpha value is -3.76. The lowest BCUT2D eigenvalue weighted by atomic mass is 10.1. The highest BCUT2D eigenvalue weighted by Gasteiger charge is 2.22. The number of nitrogens with zero attached hydrogens (tertiary/aromatic N) is 4. The molecule has 1 amide bonds. The van der Waals surface area contributed by atoms with Crippen molar-refractivity contribution in [2.45, 2.75) is 33.0 Å². The van der Waals surface area contributed by atoms with E-state index in [9.17, 15) is 9.90 Å². The maximum Gasteiger partial charge on any atom is 0.273 e. The number of aryl methyl sites for hydroxylation is 1. The Morgan fingerprint density at radius 2 is 2.03 bits per heavy atom. The average molecular weight is 450 g/mol. The van der Waals surface area contributed by atoms with Crippen LogP contribution in [0.5, 0.6) is 5.75 Å². The fraction of sp³-hybridized carbons (Fsp3) is 0.304. The number of hydrogen-bond acceptors (Lipinski definition) is 8. The second-order valence-corrected chi connectivity index (χ2v) is 7.79. The molecule has 2 aromatic heterocycles. The minimum Gasteiger partial charge on any atom is -0.490 e. The van der Waals surface area contributed by atoms with Gasteiger partial charge in [0.05, 0.1) is 18.0 Å². The zero-order chi connectivity index (χ0) is 23.5. The van der Waals surface area contributed by atoms with E-state index in [0.717, 1.165) is 11.5 Å². The number of aromatic nitrogens is 3. The molecule has 10 nitrogen and oxygen atoms in total. The minimum absolute atomic E-state index is 0.0588. The largest absolute Gasteiger partial charge is 0.490 e. The Morgan fingerprint density at radius 1 is 1.24 bits per heavy atom. The predicted molar refractivity (Wildman–Crippen MR) is 123 cm³/mol. The number of aliphatic hydroxyl groups is 2. The molecule has 0 saturated heterocycles. The number of amides is 1. The number of nitrogens with one attached hydrogen (secondary N) is 2. The first kappa shape index (κ1) is 22.4. The first-order chi connectivity index (χ1) is 15.9. The van der Waals surface area contributed by atoms with Crippen molar-refractivity contribution in [2.75, 3.05) is 13.2 Å². The van der Waals surface area contributed by atoms with Crippen LogP contribution in [0.2, 0.25) is 0 Å². The molecule has 1 aromatic carbocycles. The number of aliphatic imine (C=N–C) groups is 1. The smallest absolute Gasteiger partial charge is 0.273 e. The van der Waals surface area contributed by atoms with Crippen molar-refractivity contribution in [3.8, 4) is 17.0 Å². The fourth-order valence-electron chi connectivity index (χ4n) is 3.61. The van der Waals surface area contributed by atoms with Crippen molar-refractivity contribution in [3.05, 3.63) is 59.6 Å². The van der Waals surface area contributed by atoms with Crippen LogP contribution < -0.4 is 15.4 Å². The van der Waals surface area contributed by atoms with Crippen LogP contribution in [-0.4, -0.2) is 62.0 Å². The molecule has 172 valence electrons. The maximum atomic E-state index is 13.1. The van der Waals surface area contributed by atoms with Gasteiger partial charge in [-0.15, -0.1) is 0 Å². The van der Waals surface area contributed by atoms with Gasteiger partial charge in [-0.1, -0.05) is 12.1 Å². The van der Waals surface area contributed by atoms with Gasteiger partial charge >= 0.3 is 0 Å². The van der Waals surface area contributed by atoms with E-state index in [2.05, 4.69) is 25.7 Å². The lowest BCUT2D eigenvalue weighted by Crippen LogP contribution is -2.38. The van der Waals surface area contributed by atoms with Gasteiger partial charge in [-0.3, -0.25) is 4.79 Å². The molecule has 1 aliphatic heterocycles. The number of hydrogen-bond donors (Lipinski definition) is 4. The van der Waals surface area contributed by atoms with Gasteiger partial charge < -0.3 is 25.6 Å². The highest BCUT2D eigenvalue weighted by Crippen LogP contribution is 2.29. The molecule has 4 rings (SSSR count). The number of imidazole rings is 1. The summed E-state index contributed by atoms with van der Waals surface area (Å²) in [5.74, 6) is 0.881. The number of benzene rings is 1. The van der Waals surface area contributed by atoms with Gasteiger partial charge in [0.15, 0.2) is 11.3 Å². The van der Waals surface area contributed by atoms with Crippen LogP contribution in [0.3, 0.4) is 0 Å². The maximum absolute atomic E-state index is 13.1. The van der Waals surface area contributed by atoms with Gasteiger partial charge in [0.2, 0.25) is 0 Å². The zero-order valence-corrected chi connectivity index (χ0v) is 18.6. The minimum atomic E-state index is -0.987. The molecule has 33 heavy (non-hydrogen) atoms. The molecule has 0 spiro atoms. The molecular weight excluding hydrogens is 424 g/mol. The van der Waals surface area contributed by atoms with Gasteiger partial charge in [-0.05, 0) is 51.1 Å². The normalized spacial score (nSPS) is 16.6. The van der Waals surface area contributed by atoms with Gasteiger partial charge in [0, 0.05) is 11.3 Å². The van der Waals surface area contributed by atoms with Crippen LogP contribution in [0, 0.1) is 6.92 Å². The SMILES string of the molecule is CC1=CC(NC(=O)c2c(C)nc3ccc(-c4ccccc4OC[C@H](O)CO)nn23)N=C(C)N1. The molecule has 0 fully saturated rings. The number of fused-ring (bicyclic) bond motifs is 1. The van der Waals surface area contributed by atoms with Crippen LogP contribution >= 0.6 is 0 Å². The Balaban J connectivity index is 1.67. The second-order valence-electron chi connectivity index (χ2n) is 7.79. The summed E-state index contributed by atoms with van der Waals surface area (Å²) in [6.07, 6.45) is 0.356. The number of amidine groups is 1. The van der Waals surface area contributed by atoms with Crippen molar-refractivity contribution in [2.24, 2.45) is 4.99 Å². The van der Waals surface area contributed by atoms with Crippen molar-refractivity contribution in [1.82, 2.24) is 25.2 Å². The molecule has 3 aromatic rings. The van der Waals surface area contributed by atoms with Gasteiger partial charge in [-0.2, -0.15) is 5.10 Å². The average Bonchev–Trinajstić information content (AvgIpc) is 3.11. The molecule has 2 atom stereocenters. The molecule has 4 N–H and O–H groups in total. The summed E-state index contributed by atoms with van der Waals surface area (Å²) in [4.78, 5) is 22.0. The van der Waals surface area contributed by atoms with Crippen LogP contribution in [0.4, 0.5) is 0 Å². The summed E-state index contributed by atoms with van der Waals surface area (Å²) in [6, 6.07) is 10.8. The lowest BCUT2D eigenvalue weighted by Gasteiger charge is -2.19. The molecule has 0 saturated carbocycles. The first-order valence-electron chi connectivity index (χ1n) is 10.5. The quantitative estimate of drug-likeness (QED) is 0.428. The number of aliphatic hydroxyl groups excluding tert-OH is 2. The van der Waals surface area contributed by atoms with Crippen LogP contribution in [0.15, 0.2) is 53.2 Å².